The van der Waals surface area contributed by atoms with E-state index >= 15 is 0 Å². The van der Waals surface area contributed by atoms with Crippen LogP contribution in [0, 0.1) is 0 Å². The molecule has 0 radical (unpaired) electrons. The number of rotatable bonds is 5. The molecule has 0 aromatic heterocycles. The van der Waals surface area contributed by atoms with Crippen LogP contribution in [0.3, 0.4) is 0 Å². The van der Waals surface area contributed by atoms with Crippen LogP contribution in [-0.2, 0) is 16.0 Å². The Hall–Kier alpha value is -1.39. The van der Waals surface area contributed by atoms with Crippen molar-refractivity contribution in [3.8, 4) is 0 Å². The Morgan fingerprint density at radius 1 is 1.56 bits per heavy atom. The van der Waals surface area contributed by atoms with Gasteiger partial charge >= 0.3 is 0 Å². The first-order chi connectivity index (χ1) is 8.63. The van der Waals surface area contributed by atoms with Gasteiger partial charge in [0.1, 0.15) is 0 Å². The number of aliphatic hydroxyl groups is 1. The Kier molecular flexibility index (Phi) is 3.99. The van der Waals surface area contributed by atoms with Crippen LogP contribution >= 0.6 is 0 Å². The zero-order valence-corrected chi connectivity index (χ0v) is 10.8. The predicted octanol–water partition coefficient (Wildman–Crippen LogP) is 0.792. The summed E-state index contributed by atoms with van der Waals surface area (Å²) < 4.78 is 4.85. The third kappa shape index (κ3) is 2.54. The molecule has 1 amide bonds. The van der Waals surface area contributed by atoms with E-state index in [2.05, 4.69) is 6.07 Å². The predicted molar refractivity (Wildman–Crippen MR) is 68.4 cm³/mol. The van der Waals surface area contributed by atoms with Gasteiger partial charge in [-0.25, -0.2) is 0 Å². The van der Waals surface area contributed by atoms with Gasteiger partial charge in [0, 0.05) is 20.7 Å². The first-order valence-corrected chi connectivity index (χ1v) is 6.13. The molecule has 1 aliphatic rings. The van der Waals surface area contributed by atoms with Crippen molar-refractivity contribution in [3.63, 3.8) is 0 Å². The molecule has 0 aliphatic heterocycles. The maximum absolute atomic E-state index is 12.2. The summed E-state index contributed by atoms with van der Waals surface area (Å²) in [6, 6.07) is 8.00. The molecule has 0 saturated carbocycles. The fraction of sp³-hybridized carbons (Fsp3) is 0.500. The van der Waals surface area contributed by atoms with Gasteiger partial charge in [0.15, 0.2) is 0 Å². The van der Waals surface area contributed by atoms with Crippen molar-refractivity contribution < 1.29 is 14.6 Å². The molecule has 0 heterocycles. The van der Waals surface area contributed by atoms with Gasteiger partial charge in [-0.1, -0.05) is 24.3 Å². The van der Waals surface area contributed by atoms with Gasteiger partial charge in [0.2, 0.25) is 5.91 Å². The highest BCUT2D eigenvalue weighted by atomic mass is 16.5. The zero-order valence-electron chi connectivity index (χ0n) is 10.8. The van der Waals surface area contributed by atoms with Crippen molar-refractivity contribution in [2.45, 2.75) is 18.4 Å². The first-order valence-electron chi connectivity index (χ1n) is 6.13. The van der Waals surface area contributed by atoms with Crippen LogP contribution in [-0.4, -0.2) is 49.3 Å². The molecule has 98 valence electrons. The number of aliphatic hydroxyl groups excluding tert-OH is 1. The average Bonchev–Trinajstić information content (AvgIpc) is 2.30. The number of carbonyl (C=O) groups excluding carboxylic acids is 1. The first kappa shape index (κ1) is 13.1. The highest BCUT2D eigenvalue weighted by Crippen LogP contribution is 2.35. The van der Waals surface area contributed by atoms with Crippen molar-refractivity contribution in [1.82, 2.24) is 4.90 Å². The lowest BCUT2D eigenvalue weighted by atomic mass is 9.77. The summed E-state index contributed by atoms with van der Waals surface area (Å²) in [5.41, 5.74) is 2.37. The second kappa shape index (κ2) is 5.50. The molecule has 2 rings (SSSR count). The minimum absolute atomic E-state index is 0.0408. The molecular formula is C14H19NO3. The van der Waals surface area contributed by atoms with Crippen LogP contribution in [0.1, 0.15) is 17.0 Å². The molecule has 4 heteroatoms. The lowest BCUT2D eigenvalue weighted by Crippen LogP contribution is -2.41. The zero-order chi connectivity index (χ0) is 13.1. The second-order valence-electron chi connectivity index (χ2n) is 4.78. The van der Waals surface area contributed by atoms with Gasteiger partial charge < -0.3 is 14.7 Å². The van der Waals surface area contributed by atoms with E-state index in [1.165, 1.54) is 12.7 Å². The van der Waals surface area contributed by atoms with E-state index in [1.54, 1.807) is 11.9 Å². The Labute approximate surface area is 107 Å². The number of carbonyl (C=O) groups is 1. The molecule has 0 bridgehead atoms. The van der Waals surface area contributed by atoms with Crippen LogP contribution in [0.15, 0.2) is 24.3 Å². The van der Waals surface area contributed by atoms with E-state index in [9.17, 15) is 9.90 Å². The molecule has 2 unspecified atom stereocenters. The van der Waals surface area contributed by atoms with E-state index in [-0.39, 0.29) is 18.4 Å². The molecule has 1 aromatic rings. The minimum Gasteiger partial charge on any atom is -0.389 e. The number of methoxy groups -OCH3 is 1. The molecule has 0 spiro atoms. The van der Waals surface area contributed by atoms with Crippen LogP contribution in [0.4, 0.5) is 0 Å². The third-order valence-electron chi connectivity index (χ3n) is 3.37. The standard InChI is InChI=1S/C14H19NO3/c1-15(8-11(16)9-18-2)14(17)13-7-10-5-3-4-6-12(10)13/h3-6,11,13,16H,7-9H2,1-2H3. The number of nitrogens with zero attached hydrogens (tertiary/aromatic N) is 1. The van der Waals surface area contributed by atoms with Crippen molar-refractivity contribution in [2.75, 3.05) is 27.3 Å². The molecule has 1 N–H and O–H groups in total. The number of hydrogen-bond acceptors (Lipinski definition) is 3. The Morgan fingerprint density at radius 2 is 2.28 bits per heavy atom. The van der Waals surface area contributed by atoms with Gasteiger partial charge in [-0.3, -0.25) is 4.79 Å². The largest absolute Gasteiger partial charge is 0.389 e. The summed E-state index contributed by atoms with van der Waals surface area (Å²) in [5.74, 6) is 0.0322. The van der Waals surface area contributed by atoms with Crippen molar-refractivity contribution >= 4 is 5.91 Å². The maximum atomic E-state index is 12.2. The smallest absolute Gasteiger partial charge is 0.230 e. The molecule has 1 aliphatic carbocycles. The number of hydrogen-bond donors (Lipinski definition) is 1. The Balaban J connectivity index is 1.93. The van der Waals surface area contributed by atoms with Crippen LogP contribution < -0.4 is 0 Å². The van der Waals surface area contributed by atoms with Crippen LogP contribution in [0.5, 0.6) is 0 Å². The minimum atomic E-state index is -0.626. The van der Waals surface area contributed by atoms with E-state index in [0.29, 0.717) is 6.54 Å². The summed E-state index contributed by atoms with van der Waals surface area (Å²) in [6.45, 7) is 0.560. The average molecular weight is 249 g/mol. The van der Waals surface area contributed by atoms with E-state index in [4.69, 9.17) is 4.74 Å². The molecule has 1 aromatic carbocycles. The second-order valence-corrected chi connectivity index (χ2v) is 4.78. The molecule has 0 fully saturated rings. The number of ether oxygens (including phenoxy) is 1. The van der Waals surface area contributed by atoms with Crippen molar-refractivity contribution in [1.29, 1.82) is 0 Å². The quantitative estimate of drug-likeness (QED) is 0.839. The Bertz CT molecular complexity index is 433. The summed E-state index contributed by atoms with van der Waals surface area (Å²) in [4.78, 5) is 13.8. The molecule has 0 saturated heterocycles. The molecular weight excluding hydrogens is 230 g/mol. The number of likely N-dealkylation sites (N-methyl/N-ethyl adjacent to an activating group) is 1. The third-order valence-corrected chi connectivity index (χ3v) is 3.37. The molecule has 4 nitrogen and oxygen atoms in total. The molecule has 18 heavy (non-hydrogen) atoms. The fourth-order valence-electron chi connectivity index (χ4n) is 2.40. The lowest BCUT2D eigenvalue weighted by molar-refractivity contribution is -0.133. The lowest BCUT2D eigenvalue weighted by Gasteiger charge is -2.33. The van der Waals surface area contributed by atoms with Gasteiger partial charge in [-0.15, -0.1) is 0 Å². The van der Waals surface area contributed by atoms with Crippen LogP contribution in [0.2, 0.25) is 0 Å². The number of amides is 1. The van der Waals surface area contributed by atoms with Gasteiger partial charge in [0.05, 0.1) is 18.6 Å². The monoisotopic (exact) mass is 249 g/mol. The van der Waals surface area contributed by atoms with E-state index in [0.717, 1.165) is 12.0 Å². The summed E-state index contributed by atoms with van der Waals surface area (Å²) in [5, 5.41) is 9.62. The highest BCUT2D eigenvalue weighted by molar-refractivity contribution is 5.86. The van der Waals surface area contributed by atoms with Gasteiger partial charge in [-0.05, 0) is 17.5 Å². The normalized spacial score (nSPS) is 18.7. The maximum Gasteiger partial charge on any atom is 0.230 e. The molecule has 2 atom stereocenters. The van der Waals surface area contributed by atoms with Gasteiger partial charge in [0.25, 0.3) is 0 Å². The van der Waals surface area contributed by atoms with Crippen molar-refractivity contribution in [2.24, 2.45) is 0 Å². The highest BCUT2D eigenvalue weighted by Gasteiger charge is 2.33. The number of fused-ring (bicyclic) bond motifs is 1. The van der Waals surface area contributed by atoms with Crippen LogP contribution in [0.25, 0.3) is 0 Å². The topological polar surface area (TPSA) is 49.8 Å². The van der Waals surface area contributed by atoms with E-state index < -0.39 is 6.10 Å². The fourth-order valence-corrected chi connectivity index (χ4v) is 2.40. The summed E-state index contributed by atoms with van der Waals surface area (Å²) in [6.07, 6.45) is 0.180. The summed E-state index contributed by atoms with van der Waals surface area (Å²) in [7, 11) is 3.26. The van der Waals surface area contributed by atoms with E-state index in [1.807, 2.05) is 18.2 Å². The number of benzene rings is 1. The Morgan fingerprint density at radius 3 is 2.94 bits per heavy atom. The van der Waals surface area contributed by atoms with Gasteiger partial charge in [-0.2, -0.15) is 0 Å². The summed E-state index contributed by atoms with van der Waals surface area (Å²) >= 11 is 0. The van der Waals surface area contributed by atoms with Crippen molar-refractivity contribution in [3.05, 3.63) is 35.4 Å². The SMILES string of the molecule is COCC(O)CN(C)C(=O)C1Cc2ccccc21.